The van der Waals surface area contributed by atoms with Crippen molar-refractivity contribution < 1.29 is 18.0 Å². The lowest BCUT2D eigenvalue weighted by Crippen LogP contribution is -2.28. The number of carbonyl (C=O) groups excluding carboxylic acids is 2. The Balaban J connectivity index is 2.08. The van der Waals surface area contributed by atoms with Crippen LogP contribution in [0, 0.1) is 6.92 Å². The predicted octanol–water partition coefficient (Wildman–Crippen LogP) is 2.65. The van der Waals surface area contributed by atoms with Crippen molar-refractivity contribution in [3.8, 4) is 0 Å². The SMILES string of the molecule is CCc1ccc(C(=O)Nc2cc(C(=O)NCCS(C)(=O)=O)ccc2C)s1. The van der Waals surface area contributed by atoms with Crippen molar-refractivity contribution in [3.63, 3.8) is 0 Å². The Kier molecular flexibility index (Phi) is 6.55. The molecule has 0 atom stereocenters. The van der Waals surface area contributed by atoms with E-state index >= 15 is 0 Å². The van der Waals surface area contributed by atoms with Crippen LogP contribution in [0.25, 0.3) is 0 Å². The lowest BCUT2D eigenvalue weighted by Gasteiger charge is -2.10. The number of carbonyl (C=O) groups is 2. The number of hydrogen-bond donors (Lipinski definition) is 2. The van der Waals surface area contributed by atoms with Crippen LogP contribution in [-0.4, -0.2) is 38.8 Å². The number of hydrogen-bond acceptors (Lipinski definition) is 5. The molecule has 2 N–H and O–H groups in total. The minimum Gasteiger partial charge on any atom is -0.351 e. The number of amides is 2. The van der Waals surface area contributed by atoms with Crippen molar-refractivity contribution in [1.29, 1.82) is 0 Å². The summed E-state index contributed by atoms with van der Waals surface area (Å²) in [6.07, 6.45) is 1.99. The van der Waals surface area contributed by atoms with E-state index < -0.39 is 9.84 Å². The van der Waals surface area contributed by atoms with Crippen molar-refractivity contribution in [1.82, 2.24) is 5.32 Å². The topological polar surface area (TPSA) is 92.3 Å². The number of anilines is 1. The zero-order valence-electron chi connectivity index (χ0n) is 15.0. The maximum Gasteiger partial charge on any atom is 0.265 e. The molecule has 0 aliphatic carbocycles. The van der Waals surface area contributed by atoms with E-state index in [1.807, 2.05) is 19.9 Å². The fourth-order valence-corrected chi connectivity index (χ4v) is 3.54. The molecule has 0 saturated heterocycles. The first-order valence-corrected chi connectivity index (χ1v) is 11.0. The molecule has 0 radical (unpaired) electrons. The maximum absolute atomic E-state index is 12.4. The van der Waals surface area contributed by atoms with Gasteiger partial charge in [-0.15, -0.1) is 11.3 Å². The molecule has 2 amide bonds. The summed E-state index contributed by atoms with van der Waals surface area (Å²) in [5, 5.41) is 5.40. The average Bonchev–Trinajstić information content (AvgIpc) is 3.04. The van der Waals surface area contributed by atoms with Crippen molar-refractivity contribution in [2.45, 2.75) is 20.3 Å². The van der Waals surface area contributed by atoms with Crippen molar-refractivity contribution in [2.24, 2.45) is 0 Å². The Morgan fingerprint density at radius 1 is 1.12 bits per heavy atom. The first-order valence-electron chi connectivity index (χ1n) is 8.16. The van der Waals surface area contributed by atoms with E-state index in [1.54, 1.807) is 24.3 Å². The minimum atomic E-state index is -3.13. The van der Waals surface area contributed by atoms with Gasteiger partial charge in [0.05, 0.1) is 10.6 Å². The molecule has 6 nitrogen and oxygen atoms in total. The fourth-order valence-electron chi connectivity index (χ4n) is 2.22. The zero-order valence-corrected chi connectivity index (χ0v) is 16.6. The molecular formula is C18H22N2O4S2. The Labute approximate surface area is 157 Å². The quantitative estimate of drug-likeness (QED) is 0.755. The third-order valence-corrected chi connectivity index (χ3v) is 5.91. The third kappa shape index (κ3) is 5.67. The second-order valence-electron chi connectivity index (χ2n) is 5.99. The lowest BCUT2D eigenvalue weighted by molar-refractivity contribution is 0.0954. The average molecular weight is 395 g/mol. The van der Waals surface area contributed by atoms with Gasteiger partial charge in [-0.25, -0.2) is 8.42 Å². The van der Waals surface area contributed by atoms with Crippen LogP contribution in [-0.2, 0) is 16.3 Å². The number of benzene rings is 1. The normalized spacial score (nSPS) is 11.2. The molecule has 1 heterocycles. The molecule has 0 bridgehead atoms. The van der Waals surface area contributed by atoms with Gasteiger partial charge in [0, 0.05) is 28.9 Å². The van der Waals surface area contributed by atoms with Gasteiger partial charge < -0.3 is 10.6 Å². The molecule has 0 aliphatic rings. The van der Waals surface area contributed by atoms with Crippen LogP contribution in [0.15, 0.2) is 30.3 Å². The van der Waals surface area contributed by atoms with E-state index in [0.717, 1.165) is 23.1 Å². The summed E-state index contributed by atoms with van der Waals surface area (Å²) < 4.78 is 22.3. The Morgan fingerprint density at radius 3 is 2.46 bits per heavy atom. The number of sulfone groups is 1. The van der Waals surface area contributed by atoms with Crippen LogP contribution in [0.3, 0.4) is 0 Å². The minimum absolute atomic E-state index is 0.0439. The maximum atomic E-state index is 12.4. The molecule has 2 aromatic rings. The third-order valence-electron chi connectivity index (χ3n) is 3.74. The lowest BCUT2D eigenvalue weighted by atomic mass is 10.1. The molecule has 0 saturated carbocycles. The monoisotopic (exact) mass is 394 g/mol. The molecule has 0 unspecified atom stereocenters. The fraction of sp³-hybridized carbons (Fsp3) is 0.333. The number of nitrogens with one attached hydrogen (secondary N) is 2. The van der Waals surface area contributed by atoms with Crippen LogP contribution >= 0.6 is 11.3 Å². The van der Waals surface area contributed by atoms with Gasteiger partial charge in [0.15, 0.2) is 0 Å². The Morgan fingerprint density at radius 2 is 1.85 bits per heavy atom. The molecule has 140 valence electrons. The van der Waals surface area contributed by atoms with Gasteiger partial charge >= 0.3 is 0 Å². The van der Waals surface area contributed by atoms with Gasteiger partial charge in [0.2, 0.25) is 0 Å². The van der Waals surface area contributed by atoms with E-state index in [9.17, 15) is 18.0 Å². The van der Waals surface area contributed by atoms with Crippen LogP contribution in [0.2, 0.25) is 0 Å². The smallest absolute Gasteiger partial charge is 0.265 e. The van der Waals surface area contributed by atoms with Gasteiger partial charge in [-0.2, -0.15) is 0 Å². The molecule has 2 rings (SSSR count). The molecule has 0 fully saturated rings. The standard InChI is InChI=1S/C18H22N2O4S2/c1-4-14-7-8-16(25-14)18(22)20-15-11-13(6-5-12(15)2)17(21)19-9-10-26(3,23)24/h5-8,11H,4,9-10H2,1-3H3,(H,19,21)(H,20,22). The predicted molar refractivity (Wildman–Crippen MR) is 105 cm³/mol. The van der Waals surface area contributed by atoms with Crippen LogP contribution < -0.4 is 10.6 Å². The number of aryl methyl sites for hydroxylation is 2. The highest BCUT2D eigenvalue weighted by molar-refractivity contribution is 7.90. The van der Waals surface area contributed by atoms with E-state index in [2.05, 4.69) is 10.6 Å². The first-order chi connectivity index (χ1) is 12.2. The molecule has 1 aromatic heterocycles. The molecule has 8 heteroatoms. The summed E-state index contributed by atoms with van der Waals surface area (Å²) in [5.41, 5.74) is 1.75. The Bertz CT molecular complexity index is 917. The summed E-state index contributed by atoms with van der Waals surface area (Å²) in [6, 6.07) is 8.69. The van der Waals surface area contributed by atoms with Crippen molar-refractivity contribution in [3.05, 3.63) is 51.2 Å². The number of thiophene rings is 1. The summed E-state index contributed by atoms with van der Waals surface area (Å²) in [7, 11) is -3.13. The van der Waals surface area contributed by atoms with Crippen molar-refractivity contribution >= 4 is 38.7 Å². The second kappa shape index (κ2) is 8.46. The first kappa shape index (κ1) is 20.1. The number of rotatable bonds is 7. The summed E-state index contributed by atoms with van der Waals surface area (Å²) in [4.78, 5) is 26.3. The van der Waals surface area contributed by atoms with Gasteiger partial charge in [0.25, 0.3) is 11.8 Å². The van der Waals surface area contributed by atoms with E-state index in [0.29, 0.717) is 16.1 Å². The van der Waals surface area contributed by atoms with Gasteiger partial charge in [-0.05, 0) is 43.2 Å². The van der Waals surface area contributed by atoms with E-state index in [-0.39, 0.29) is 24.1 Å². The molecule has 26 heavy (non-hydrogen) atoms. The summed E-state index contributed by atoms with van der Waals surface area (Å²) in [6.45, 7) is 3.92. The molecule has 0 aliphatic heterocycles. The van der Waals surface area contributed by atoms with Gasteiger partial charge in [-0.1, -0.05) is 13.0 Å². The van der Waals surface area contributed by atoms with Crippen LogP contribution in [0.5, 0.6) is 0 Å². The zero-order chi connectivity index (χ0) is 19.3. The van der Waals surface area contributed by atoms with Crippen molar-refractivity contribution in [2.75, 3.05) is 23.9 Å². The molecular weight excluding hydrogens is 372 g/mol. The van der Waals surface area contributed by atoms with Crippen LogP contribution in [0.4, 0.5) is 5.69 Å². The second-order valence-corrected chi connectivity index (χ2v) is 9.42. The van der Waals surface area contributed by atoms with Gasteiger partial charge in [0.1, 0.15) is 9.84 Å². The van der Waals surface area contributed by atoms with E-state index in [1.165, 1.54) is 11.3 Å². The Hall–Kier alpha value is -2.19. The van der Waals surface area contributed by atoms with E-state index in [4.69, 9.17) is 0 Å². The highest BCUT2D eigenvalue weighted by Gasteiger charge is 2.13. The van der Waals surface area contributed by atoms with Gasteiger partial charge in [-0.3, -0.25) is 9.59 Å². The molecule has 0 spiro atoms. The summed E-state index contributed by atoms with van der Waals surface area (Å²) in [5.74, 6) is -0.715. The highest BCUT2D eigenvalue weighted by atomic mass is 32.2. The largest absolute Gasteiger partial charge is 0.351 e. The van der Waals surface area contributed by atoms with Crippen LogP contribution in [0.1, 0.15) is 37.4 Å². The molecule has 1 aromatic carbocycles. The highest BCUT2D eigenvalue weighted by Crippen LogP contribution is 2.21. The summed E-state index contributed by atoms with van der Waals surface area (Å²) >= 11 is 1.44.